The molecule has 0 aromatic heterocycles. The molecule has 0 aliphatic rings. The minimum atomic E-state index is -0.409. The summed E-state index contributed by atoms with van der Waals surface area (Å²) in [6.07, 6.45) is 1.84. The highest BCUT2D eigenvalue weighted by Gasteiger charge is 2.08. The molecule has 0 saturated carbocycles. The molecule has 0 aliphatic heterocycles. The van der Waals surface area contributed by atoms with Gasteiger partial charge in [0.25, 0.3) is 0 Å². The molecule has 0 radical (unpaired) electrons. The Morgan fingerprint density at radius 3 is 2.56 bits per heavy atom. The fraction of sp³-hybridized carbons (Fsp3) is 0.462. The van der Waals surface area contributed by atoms with Crippen molar-refractivity contribution in [3.63, 3.8) is 0 Å². The van der Waals surface area contributed by atoms with Gasteiger partial charge in [0.05, 0.1) is 25.0 Å². The Balaban J connectivity index is 2.49. The van der Waals surface area contributed by atoms with Gasteiger partial charge in [-0.3, -0.25) is 0 Å². The maximum absolute atomic E-state index is 11.3. The third-order valence-corrected chi connectivity index (χ3v) is 2.43. The van der Waals surface area contributed by atoms with Crippen LogP contribution in [0.25, 0.3) is 0 Å². The highest BCUT2D eigenvalue weighted by Crippen LogP contribution is 2.23. The lowest BCUT2D eigenvalue weighted by Gasteiger charge is -2.09. The van der Waals surface area contributed by atoms with Gasteiger partial charge < -0.3 is 19.9 Å². The second-order valence-electron chi connectivity index (χ2n) is 3.79. The summed E-state index contributed by atoms with van der Waals surface area (Å²) in [7, 11) is 3.00. The summed E-state index contributed by atoms with van der Waals surface area (Å²) < 4.78 is 15.1. The first-order valence-electron chi connectivity index (χ1n) is 5.78. The number of methoxy groups -OCH3 is 2. The molecular formula is C13H19NO4. The maximum atomic E-state index is 11.3. The van der Waals surface area contributed by atoms with Crippen molar-refractivity contribution in [2.75, 3.05) is 33.2 Å². The van der Waals surface area contributed by atoms with Gasteiger partial charge in [-0.1, -0.05) is 0 Å². The van der Waals surface area contributed by atoms with E-state index in [0.29, 0.717) is 23.6 Å². The van der Waals surface area contributed by atoms with E-state index in [1.54, 1.807) is 25.3 Å². The van der Waals surface area contributed by atoms with Gasteiger partial charge in [0, 0.05) is 13.7 Å². The molecule has 0 unspecified atom stereocenters. The molecule has 1 aromatic rings. The number of esters is 1. The van der Waals surface area contributed by atoms with Gasteiger partial charge in [-0.2, -0.15) is 0 Å². The van der Waals surface area contributed by atoms with Crippen LogP contribution >= 0.6 is 0 Å². The molecule has 100 valence electrons. The highest BCUT2D eigenvalue weighted by atomic mass is 16.5. The van der Waals surface area contributed by atoms with Crippen molar-refractivity contribution < 1.29 is 19.0 Å². The topological polar surface area (TPSA) is 70.8 Å². The molecule has 0 spiro atoms. The van der Waals surface area contributed by atoms with Crippen molar-refractivity contribution in [1.29, 1.82) is 0 Å². The normalized spacial score (nSPS) is 10.1. The van der Waals surface area contributed by atoms with Crippen LogP contribution < -0.4 is 10.5 Å². The third kappa shape index (κ3) is 4.25. The standard InChI is InChI=1S/C13H19NO4/c1-16-7-3-4-8-18-12-6-5-10(9-11(12)14)13(15)17-2/h5-6,9H,3-4,7-8,14H2,1-2H3. The number of nitrogens with two attached hydrogens (primary N) is 1. The molecule has 18 heavy (non-hydrogen) atoms. The lowest BCUT2D eigenvalue weighted by Crippen LogP contribution is -2.05. The predicted octanol–water partition coefficient (Wildman–Crippen LogP) is 1.86. The van der Waals surface area contributed by atoms with Gasteiger partial charge in [0.15, 0.2) is 0 Å². The number of carbonyl (C=O) groups excluding carboxylic acids is 1. The number of carbonyl (C=O) groups is 1. The summed E-state index contributed by atoms with van der Waals surface area (Å²) in [5.74, 6) is 0.174. The lowest BCUT2D eigenvalue weighted by atomic mass is 10.2. The van der Waals surface area contributed by atoms with E-state index in [4.69, 9.17) is 15.2 Å². The van der Waals surface area contributed by atoms with Crippen LogP contribution in [-0.4, -0.2) is 33.4 Å². The molecule has 0 fully saturated rings. The quantitative estimate of drug-likeness (QED) is 0.456. The third-order valence-electron chi connectivity index (χ3n) is 2.43. The number of nitrogen functional groups attached to an aromatic ring is 1. The number of hydrogen-bond acceptors (Lipinski definition) is 5. The highest BCUT2D eigenvalue weighted by molar-refractivity contribution is 5.90. The number of anilines is 1. The molecule has 2 N–H and O–H groups in total. The van der Waals surface area contributed by atoms with Crippen molar-refractivity contribution in [3.8, 4) is 5.75 Å². The van der Waals surface area contributed by atoms with Gasteiger partial charge >= 0.3 is 5.97 Å². The van der Waals surface area contributed by atoms with E-state index in [0.717, 1.165) is 19.4 Å². The zero-order chi connectivity index (χ0) is 13.4. The van der Waals surface area contributed by atoms with Crippen LogP contribution in [0.2, 0.25) is 0 Å². The van der Waals surface area contributed by atoms with Crippen LogP contribution in [0.3, 0.4) is 0 Å². The summed E-state index contributed by atoms with van der Waals surface area (Å²) in [4.78, 5) is 11.3. The van der Waals surface area contributed by atoms with Crippen LogP contribution in [0.4, 0.5) is 5.69 Å². The monoisotopic (exact) mass is 253 g/mol. The zero-order valence-corrected chi connectivity index (χ0v) is 10.8. The van der Waals surface area contributed by atoms with Crippen LogP contribution in [0.15, 0.2) is 18.2 Å². The predicted molar refractivity (Wildman–Crippen MR) is 68.8 cm³/mol. The number of ether oxygens (including phenoxy) is 3. The van der Waals surface area contributed by atoms with Gasteiger partial charge in [-0.05, 0) is 31.0 Å². The first-order chi connectivity index (χ1) is 8.69. The van der Waals surface area contributed by atoms with Crippen molar-refractivity contribution in [2.24, 2.45) is 0 Å². The first kappa shape index (κ1) is 14.3. The Hall–Kier alpha value is -1.75. The van der Waals surface area contributed by atoms with Gasteiger partial charge in [0.1, 0.15) is 5.75 Å². The molecule has 0 atom stereocenters. The minimum Gasteiger partial charge on any atom is -0.491 e. The summed E-state index contributed by atoms with van der Waals surface area (Å²) in [5, 5.41) is 0. The van der Waals surface area contributed by atoms with Crippen LogP contribution in [0, 0.1) is 0 Å². The number of hydrogen-bond donors (Lipinski definition) is 1. The van der Waals surface area contributed by atoms with Gasteiger partial charge in [-0.15, -0.1) is 0 Å². The Labute approximate surface area is 107 Å². The molecule has 0 amide bonds. The van der Waals surface area contributed by atoms with Crippen LogP contribution in [-0.2, 0) is 9.47 Å². The van der Waals surface area contributed by atoms with E-state index >= 15 is 0 Å². The summed E-state index contributed by atoms with van der Waals surface area (Å²) in [6, 6.07) is 4.86. The van der Waals surface area contributed by atoms with E-state index < -0.39 is 5.97 Å². The molecular weight excluding hydrogens is 234 g/mol. The first-order valence-corrected chi connectivity index (χ1v) is 5.78. The maximum Gasteiger partial charge on any atom is 0.337 e. The minimum absolute atomic E-state index is 0.409. The summed E-state index contributed by atoms with van der Waals surface area (Å²) >= 11 is 0. The van der Waals surface area contributed by atoms with Gasteiger partial charge in [-0.25, -0.2) is 4.79 Å². The Morgan fingerprint density at radius 1 is 1.22 bits per heavy atom. The van der Waals surface area contributed by atoms with Crippen molar-refractivity contribution >= 4 is 11.7 Å². The second-order valence-corrected chi connectivity index (χ2v) is 3.79. The number of rotatable bonds is 7. The largest absolute Gasteiger partial charge is 0.491 e. The summed E-state index contributed by atoms with van der Waals surface area (Å²) in [6.45, 7) is 1.30. The zero-order valence-electron chi connectivity index (χ0n) is 10.8. The molecule has 5 nitrogen and oxygen atoms in total. The van der Waals surface area contributed by atoms with E-state index in [-0.39, 0.29) is 0 Å². The van der Waals surface area contributed by atoms with E-state index in [2.05, 4.69) is 4.74 Å². The number of unbranched alkanes of at least 4 members (excludes halogenated alkanes) is 1. The van der Waals surface area contributed by atoms with Crippen LogP contribution in [0.1, 0.15) is 23.2 Å². The molecule has 1 aromatic carbocycles. The molecule has 0 heterocycles. The molecule has 0 saturated heterocycles. The second kappa shape index (κ2) is 7.55. The number of benzene rings is 1. The SMILES string of the molecule is COCCCCOc1ccc(C(=O)OC)cc1N. The average molecular weight is 253 g/mol. The van der Waals surface area contributed by atoms with Gasteiger partial charge in [0.2, 0.25) is 0 Å². The van der Waals surface area contributed by atoms with E-state index in [1.807, 2.05) is 0 Å². The fourth-order valence-corrected chi connectivity index (χ4v) is 1.46. The van der Waals surface area contributed by atoms with E-state index in [1.165, 1.54) is 7.11 Å². The van der Waals surface area contributed by atoms with Crippen molar-refractivity contribution in [1.82, 2.24) is 0 Å². The van der Waals surface area contributed by atoms with Crippen LogP contribution in [0.5, 0.6) is 5.75 Å². The Kier molecular flexibility index (Phi) is 6.00. The fourth-order valence-electron chi connectivity index (χ4n) is 1.46. The Morgan fingerprint density at radius 2 is 1.94 bits per heavy atom. The smallest absolute Gasteiger partial charge is 0.337 e. The lowest BCUT2D eigenvalue weighted by molar-refractivity contribution is 0.0601. The van der Waals surface area contributed by atoms with E-state index in [9.17, 15) is 4.79 Å². The molecule has 0 bridgehead atoms. The van der Waals surface area contributed by atoms with Crippen molar-refractivity contribution in [3.05, 3.63) is 23.8 Å². The summed E-state index contributed by atoms with van der Waals surface area (Å²) in [5.41, 5.74) is 6.65. The van der Waals surface area contributed by atoms with Crippen molar-refractivity contribution in [2.45, 2.75) is 12.8 Å². The molecule has 1 rings (SSSR count). The molecule has 5 heteroatoms. The Bertz CT molecular complexity index is 393. The molecule has 0 aliphatic carbocycles. The average Bonchev–Trinajstić information content (AvgIpc) is 2.39.